The Bertz CT molecular complexity index is 445. The first kappa shape index (κ1) is 16.1. The second-order valence-corrected chi connectivity index (χ2v) is 9.20. The fourth-order valence-electron chi connectivity index (χ4n) is 3.07. The van der Waals surface area contributed by atoms with E-state index in [1.807, 2.05) is 0 Å². The van der Waals surface area contributed by atoms with Gasteiger partial charge in [0.15, 0.2) is 9.84 Å². The average molecular weight is 320 g/mol. The second-order valence-electron chi connectivity index (χ2n) is 5.84. The Hall–Kier alpha value is -0.270. The Morgan fingerprint density at radius 1 is 1.30 bits per heavy atom. The van der Waals surface area contributed by atoms with Gasteiger partial charge in [-0.25, -0.2) is 8.42 Å². The van der Waals surface area contributed by atoms with Crippen LogP contribution in [0.15, 0.2) is 0 Å². The number of hydrogen-bond donors (Lipinski definition) is 1. The molecule has 2 aliphatic rings. The highest BCUT2D eigenvalue weighted by Gasteiger charge is 2.38. The first-order valence-electron chi connectivity index (χ1n) is 7.20. The number of nitrogens with two attached hydrogens (primary N) is 1. The molecule has 5 nitrogen and oxygen atoms in total. The average Bonchev–Trinajstić information content (AvgIpc) is 2.46. The summed E-state index contributed by atoms with van der Waals surface area (Å²) in [6, 6.07) is 0. The number of nitrogens with zero attached hydrogens (tertiary/aromatic N) is 1. The minimum absolute atomic E-state index is 0.00912. The molecule has 0 spiro atoms. The lowest BCUT2D eigenvalue weighted by molar-refractivity contribution is -0.137. The summed E-state index contributed by atoms with van der Waals surface area (Å²) in [5, 5.41) is -0.638. The fourth-order valence-corrected chi connectivity index (χ4v) is 5.89. The van der Waals surface area contributed by atoms with Gasteiger partial charge < -0.3 is 10.6 Å². The van der Waals surface area contributed by atoms with Gasteiger partial charge >= 0.3 is 0 Å². The molecule has 1 aliphatic carbocycles. The van der Waals surface area contributed by atoms with Gasteiger partial charge in [0.05, 0.1) is 0 Å². The lowest BCUT2D eigenvalue weighted by Crippen LogP contribution is -2.52. The summed E-state index contributed by atoms with van der Waals surface area (Å²) in [5.74, 6) is 1.89. The predicted molar refractivity (Wildman–Crippen MR) is 82.2 cm³/mol. The van der Waals surface area contributed by atoms with Crippen molar-refractivity contribution in [2.45, 2.75) is 31.1 Å². The van der Waals surface area contributed by atoms with E-state index in [1.165, 1.54) is 6.26 Å². The third-order valence-electron chi connectivity index (χ3n) is 4.39. The maximum Gasteiger partial charge on any atom is 0.226 e. The van der Waals surface area contributed by atoms with Gasteiger partial charge in [-0.3, -0.25) is 4.79 Å². The topological polar surface area (TPSA) is 80.5 Å². The minimum Gasteiger partial charge on any atom is -0.330 e. The van der Waals surface area contributed by atoms with Crippen molar-refractivity contribution in [3.05, 3.63) is 0 Å². The van der Waals surface area contributed by atoms with Crippen molar-refractivity contribution in [3.63, 3.8) is 0 Å². The maximum atomic E-state index is 12.6. The lowest BCUT2D eigenvalue weighted by Gasteiger charge is -2.38. The van der Waals surface area contributed by atoms with Crippen LogP contribution in [-0.2, 0) is 14.6 Å². The summed E-state index contributed by atoms with van der Waals surface area (Å²) in [7, 11) is -3.21. The predicted octanol–water partition coefficient (Wildman–Crippen LogP) is 0.698. The Morgan fingerprint density at radius 3 is 2.50 bits per heavy atom. The van der Waals surface area contributed by atoms with Crippen molar-refractivity contribution in [1.82, 2.24) is 4.90 Å². The third kappa shape index (κ3) is 3.68. The molecule has 0 radical (unpaired) electrons. The molecular weight excluding hydrogens is 296 g/mol. The molecular formula is C13H24N2O3S2. The van der Waals surface area contributed by atoms with E-state index in [4.69, 9.17) is 5.73 Å². The van der Waals surface area contributed by atoms with Gasteiger partial charge in [-0.05, 0) is 38.1 Å². The lowest BCUT2D eigenvalue weighted by atomic mass is 9.81. The molecule has 1 aliphatic heterocycles. The molecule has 2 rings (SSSR count). The molecule has 2 N–H and O–H groups in total. The number of carbonyl (C=O) groups is 1. The SMILES string of the molecule is CS(=O)(=O)C1CSCCN1C(=O)C1CCC(CN)CC1. The van der Waals surface area contributed by atoms with Crippen LogP contribution in [0.1, 0.15) is 25.7 Å². The molecule has 1 saturated carbocycles. The Morgan fingerprint density at radius 2 is 1.95 bits per heavy atom. The molecule has 1 unspecified atom stereocenters. The van der Waals surface area contributed by atoms with Crippen molar-refractivity contribution < 1.29 is 13.2 Å². The van der Waals surface area contributed by atoms with Gasteiger partial charge in [0.2, 0.25) is 5.91 Å². The molecule has 0 aromatic heterocycles. The van der Waals surface area contributed by atoms with Crippen LogP contribution in [0.5, 0.6) is 0 Å². The maximum absolute atomic E-state index is 12.6. The second kappa shape index (κ2) is 6.66. The molecule has 2 fully saturated rings. The largest absolute Gasteiger partial charge is 0.330 e. The monoisotopic (exact) mass is 320 g/mol. The van der Waals surface area contributed by atoms with Crippen molar-refractivity contribution in [2.75, 3.05) is 30.9 Å². The number of carbonyl (C=O) groups excluding carboxylic acids is 1. The van der Waals surface area contributed by atoms with Crippen molar-refractivity contribution in [3.8, 4) is 0 Å². The van der Waals surface area contributed by atoms with Crippen LogP contribution >= 0.6 is 11.8 Å². The zero-order valence-corrected chi connectivity index (χ0v) is 13.6. The van der Waals surface area contributed by atoms with E-state index in [-0.39, 0.29) is 11.8 Å². The van der Waals surface area contributed by atoms with Gasteiger partial charge in [-0.2, -0.15) is 11.8 Å². The van der Waals surface area contributed by atoms with Crippen LogP contribution in [0.25, 0.3) is 0 Å². The molecule has 1 heterocycles. The van der Waals surface area contributed by atoms with E-state index < -0.39 is 15.2 Å². The molecule has 116 valence electrons. The highest BCUT2D eigenvalue weighted by Crippen LogP contribution is 2.31. The van der Waals surface area contributed by atoms with E-state index in [0.29, 0.717) is 24.8 Å². The van der Waals surface area contributed by atoms with Crippen molar-refractivity contribution >= 4 is 27.5 Å². The summed E-state index contributed by atoms with van der Waals surface area (Å²) in [6.45, 7) is 1.24. The van der Waals surface area contributed by atoms with Crippen LogP contribution in [0.3, 0.4) is 0 Å². The van der Waals surface area contributed by atoms with E-state index in [9.17, 15) is 13.2 Å². The zero-order valence-electron chi connectivity index (χ0n) is 12.0. The van der Waals surface area contributed by atoms with Gasteiger partial charge in [-0.1, -0.05) is 0 Å². The number of thioether (sulfide) groups is 1. The van der Waals surface area contributed by atoms with E-state index in [1.54, 1.807) is 16.7 Å². The molecule has 0 aromatic carbocycles. The minimum atomic E-state index is -3.21. The number of rotatable bonds is 3. The van der Waals surface area contributed by atoms with Crippen molar-refractivity contribution in [1.29, 1.82) is 0 Å². The first-order chi connectivity index (χ1) is 9.43. The van der Waals surface area contributed by atoms with Crippen LogP contribution < -0.4 is 5.73 Å². The highest BCUT2D eigenvalue weighted by atomic mass is 32.2. The Labute approximate surface area is 125 Å². The molecule has 1 atom stereocenters. The van der Waals surface area contributed by atoms with Gasteiger partial charge in [0.25, 0.3) is 0 Å². The molecule has 0 bridgehead atoms. The molecule has 1 amide bonds. The fraction of sp³-hybridized carbons (Fsp3) is 0.923. The van der Waals surface area contributed by atoms with Crippen LogP contribution in [-0.4, -0.2) is 55.4 Å². The van der Waals surface area contributed by atoms with Crippen molar-refractivity contribution in [2.24, 2.45) is 17.6 Å². The first-order valence-corrected chi connectivity index (χ1v) is 10.3. The molecule has 1 saturated heterocycles. The third-order valence-corrected chi connectivity index (χ3v) is 7.03. The van der Waals surface area contributed by atoms with Crippen LogP contribution in [0.4, 0.5) is 0 Å². The Kier molecular flexibility index (Phi) is 5.36. The van der Waals surface area contributed by atoms with Gasteiger partial charge in [0.1, 0.15) is 5.37 Å². The Balaban J connectivity index is 2.03. The van der Waals surface area contributed by atoms with Gasteiger partial charge in [-0.15, -0.1) is 0 Å². The highest BCUT2D eigenvalue weighted by molar-refractivity contribution is 8.00. The number of sulfone groups is 1. The smallest absolute Gasteiger partial charge is 0.226 e. The summed E-state index contributed by atoms with van der Waals surface area (Å²) >= 11 is 1.61. The quantitative estimate of drug-likeness (QED) is 0.828. The van der Waals surface area contributed by atoms with E-state index in [0.717, 1.165) is 31.4 Å². The molecule has 7 heteroatoms. The summed E-state index contributed by atoms with van der Waals surface area (Å²) in [6.07, 6.45) is 4.90. The van der Waals surface area contributed by atoms with E-state index >= 15 is 0 Å². The molecule has 20 heavy (non-hydrogen) atoms. The van der Waals surface area contributed by atoms with E-state index in [2.05, 4.69) is 0 Å². The number of hydrogen-bond acceptors (Lipinski definition) is 5. The summed E-state index contributed by atoms with van der Waals surface area (Å²) < 4.78 is 23.7. The standard InChI is InChI=1S/C13H24N2O3S2/c1-20(17,18)12-9-19-7-6-15(12)13(16)11-4-2-10(8-14)3-5-11/h10-12H,2-9,14H2,1H3. The normalized spacial score (nSPS) is 32.1. The zero-order chi connectivity index (χ0) is 14.8. The summed E-state index contributed by atoms with van der Waals surface area (Å²) in [5.41, 5.74) is 5.67. The molecule has 0 aromatic rings. The van der Waals surface area contributed by atoms with Crippen LogP contribution in [0, 0.1) is 11.8 Å². The van der Waals surface area contributed by atoms with Gasteiger partial charge in [0, 0.05) is 30.2 Å². The summed E-state index contributed by atoms with van der Waals surface area (Å²) in [4.78, 5) is 14.2. The van der Waals surface area contributed by atoms with Crippen LogP contribution in [0.2, 0.25) is 0 Å². The number of amides is 1.